The fraction of sp³-hybridized carbons (Fsp3) is 0.486. The average Bonchev–Trinajstić information content (AvgIpc) is 3.95. The molecule has 0 unspecified atom stereocenters. The van der Waals surface area contributed by atoms with Crippen LogP contribution in [0.25, 0.3) is 10.2 Å². The lowest BCUT2D eigenvalue weighted by Gasteiger charge is -2.30. The number of thiazole rings is 1. The second kappa shape index (κ2) is 13.1. The molecule has 3 heterocycles. The minimum Gasteiger partial charge on any atom is -0.465 e. The molecule has 2 aliphatic carbocycles. The van der Waals surface area contributed by atoms with Crippen LogP contribution in [0.2, 0.25) is 0 Å². The Balaban J connectivity index is 1.18. The molecule has 5 atom stereocenters. The van der Waals surface area contributed by atoms with Crippen LogP contribution in [0.5, 0.6) is 5.19 Å². The van der Waals surface area contributed by atoms with Crippen LogP contribution in [0.15, 0.2) is 60.7 Å². The average molecular weight is 692 g/mol. The number of amides is 3. The lowest BCUT2D eigenvalue weighted by molar-refractivity contribution is -0.140. The summed E-state index contributed by atoms with van der Waals surface area (Å²) in [6.45, 7) is 2.18. The Morgan fingerprint density at radius 2 is 1.90 bits per heavy atom. The summed E-state index contributed by atoms with van der Waals surface area (Å²) in [7, 11) is -3.82. The van der Waals surface area contributed by atoms with Crippen molar-refractivity contribution in [1.29, 1.82) is 0 Å². The zero-order valence-electron chi connectivity index (χ0n) is 26.9. The number of carbonyl (C=O) groups excluding carboxylic acids is 3. The van der Waals surface area contributed by atoms with E-state index in [1.165, 1.54) is 11.3 Å². The summed E-state index contributed by atoms with van der Waals surface area (Å²) >= 11 is 1.42. The molecule has 1 saturated heterocycles. The number of hydrogen-bond donors (Lipinski definition) is 3. The quantitative estimate of drug-likeness (QED) is 0.309. The second-order valence-electron chi connectivity index (χ2n) is 13.5. The zero-order valence-corrected chi connectivity index (χ0v) is 28.5. The lowest BCUT2D eigenvalue weighted by Crippen LogP contribution is -2.57. The van der Waals surface area contributed by atoms with Gasteiger partial charge in [0.15, 0.2) is 0 Å². The van der Waals surface area contributed by atoms with E-state index in [0.717, 1.165) is 47.2 Å². The molecule has 0 spiro atoms. The number of nitrogens with zero attached hydrogens (tertiary/aromatic N) is 2. The Morgan fingerprint density at radius 3 is 2.69 bits per heavy atom. The fourth-order valence-electron chi connectivity index (χ4n) is 6.79. The minimum atomic E-state index is -3.82. The van der Waals surface area contributed by atoms with E-state index >= 15 is 0 Å². The van der Waals surface area contributed by atoms with Crippen molar-refractivity contribution in [2.45, 2.75) is 93.7 Å². The van der Waals surface area contributed by atoms with Gasteiger partial charge in [-0.2, -0.15) is 0 Å². The topological polar surface area (TPSA) is 147 Å². The monoisotopic (exact) mass is 691 g/mol. The third-order valence-corrected chi connectivity index (χ3v) is 12.5. The van der Waals surface area contributed by atoms with Crippen LogP contribution < -0.4 is 20.1 Å². The van der Waals surface area contributed by atoms with Gasteiger partial charge in [-0.3, -0.25) is 19.1 Å². The molecule has 3 aromatic rings. The molecular weight excluding hydrogens is 651 g/mol. The van der Waals surface area contributed by atoms with Gasteiger partial charge in [0.25, 0.3) is 11.1 Å². The van der Waals surface area contributed by atoms with Crippen LogP contribution in [0.3, 0.4) is 0 Å². The maximum Gasteiger partial charge on any atom is 0.274 e. The van der Waals surface area contributed by atoms with E-state index in [0.29, 0.717) is 24.5 Å². The minimum absolute atomic E-state index is 0.164. The molecule has 0 radical (unpaired) electrons. The summed E-state index contributed by atoms with van der Waals surface area (Å²) in [5.74, 6) is -1.80. The van der Waals surface area contributed by atoms with Gasteiger partial charge in [-0.15, -0.1) is 0 Å². The first kappa shape index (κ1) is 32.6. The third kappa shape index (κ3) is 6.93. The normalized spacial score (nSPS) is 28.7. The molecule has 254 valence electrons. The predicted molar refractivity (Wildman–Crippen MR) is 184 cm³/mol. The highest BCUT2D eigenvalue weighted by molar-refractivity contribution is 7.91. The molecular formula is C35H41N5O6S2. The van der Waals surface area contributed by atoms with Gasteiger partial charge >= 0.3 is 0 Å². The van der Waals surface area contributed by atoms with Gasteiger partial charge in [0.1, 0.15) is 23.7 Å². The molecule has 3 fully saturated rings. The van der Waals surface area contributed by atoms with Crippen molar-refractivity contribution < 1.29 is 27.5 Å². The van der Waals surface area contributed by atoms with Gasteiger partial charge in [0, 0.05) is 18.0 Å². The predicted octanol–water partition coefficient (Wildman–Crippen LogP) is 4.44. The lowest BCUT2D eigenvalue weighted by atomic mass is 10.0. The number of rotatable bonds is 7. The van der Waals surface area contributed by atoms with E-state index in [4.69, 9.17) is 4.74 Å². The van der Waals surface area contributed by atoms with Crippen molar-refractivity contribution in [3.8, 4) is 5.19 Å². The van der Waals surface area contributed by atoms with Crippen molar-refractivity contribution in [2.75, 3.05) is 11.9 Å². The van der Waals surface area contributed by atoms with Gasteiger partial charge in [-0.1, -0.05) is 60.6 Å². The molecule has 3 N–H and O–H groups in total. The Labute approximate surface area is 284 Å². The SMILES string of the molecule is Cc1ccc2nc(O[C@@H]3C[C@H]4C(=O)N[C@]5(C(=O)NS(=O)(=O)C6CC6)C[C@@H]5/C=C\CCCCC[C@H](Nc5ccccc5)C(=O)N4C3)sc2c1. The highest BCUT2D eigenvalue weighted by atomic mass is 32.2. The summed E-state index contributed by atoms with van der Waals surface area (Å²) in [4.78, 5) is 48.5. The van der Waals surface area contributed by atoms with Crippen LogP contribution in [-0.4, -0.2) is 71.5 Å². The first-order chi connectivity index (χ1) is 23.1. The zero-order chi connectivity index (χ0) is 33.5. The maximum absolute atomic E-state index is 14.4. The number of ether oxygens (including phenoxy) is 1. The molecule has 48 heavy (non-hydrogen) atoms. The van der Waals surface area contributed by atoms with Crippen LogP contribution >= 0.6 is 11.3 Å². The second-order valence-corrected chi connectivity index (χ2v) is 16.5. The fourth-order valence-corrected chi connectivity index (χ4v) is 9.13. The van der Waals surface area contributed by atoms with Gasteiger partial charge in [-0.05, 0) is 75.3 Å². The van der Waals surface area contributed by atoms with Crippen LogP contribution in [0, 0.1) is 12.8 Å². The van der Waals surface area contributed by atoms with E-state index in [2.05, 4.69) is 20.3 Å². The van der Waals surface area contributed by atoms with E-state index in [9.17, 15) is 22.8 Å². The summed E-state index contributed by atoms with van der Waals surface area (Å²) < 4.78 is 35.1. The molecule has 11 nitrogen and oxygen atoms in total. The Bertz CT molecular complexity index is 1840. The molecule has 2 saturated carbocycles. The summed E-state index contributed by atoms with van der Waals surface area (Å²) in [5, 5.41) is 6.22. The van der Waals surface area contributed by atoms with Gasteiger partial charge < -0.3 is 20.3 Å². The highest BCUT2D eigenvalue weighted by Gasteiger charge is 2.62. The summed E-state index contributed by atoms with van der Waals surface area (Å²) in [5.41, 5.74) is 1.33. The van der Waals surface area contributed by atoms with Crippen molar-refractivity contribution in [3.63, 3.8) is 0 Å². The number of aromatic nitrogens is 1. The number of allylic oxidation sites excluding steroid dienone is 1. The first-order valence-corrected chi connectivity index (χ1v) is 19.2. The van der Waals surface area contributed by atoms with Crippen LogP contribution in [0.4, 0.5) is 5.69 Å². The number of carbonyl (C=O) groups is 3. The number of benzene rings is 2. The molecule has 2 aliphatic heterocycles. The van der Waals surface area contributed by atoms with Gasteiger partial charge in [-0.25, -0.2) is 13.4 Å². The van der Waals surface area contributed by atoms with Crippen LogP contribution in [0.1, 0.15) is 63.4 Å². The van der Waals surface area contributed by atoms with E-state index in [-0.39, 0.29) is 31.2 Å². The smallest absolute Gasteiger partial charge is 0.274 e. The summed E-state index contributed by atoms with van der Waals surface area (Å²) in [6, 6.07) is 14.0. The van der Waals surface area contributed by atoms with E-state index in [1.807, 2.05) is 67.6 Å². The number of anilines is 1. The first-order valence-electron chi connectivity index (χ1n) is 16.8. The number of fused-ring (bicyclic) bond motifs is 3. The standard InChI is InChI=1S/C35H41N5O6S2/c1-22-14-17-27-30(18-22)47-34(37-27)46-25-19-29-31(41)38-35(33(43)39-48(44,45)26-15-16-26)20-23(35)10-6-3-2-4-9-13-28(32(42)40(29)21-25)36-24-11-7-5-8-12-24/h5-8,10-12,14,17-18,23,25-26,28-29,36H,2-4,9,13,15-16,19-21H2,1H3,(H,38,41)(H,39,43)/b10-6-/t23-,25+,28-,29-,35+/m0/s1. The number of nitrogens with one attached hydrogen (secondary N) is 3. The van der Waals surface area contributed by atoms with Crippen molar-refractivity contribution in [1.82, 2.24) is 19.9 Å². The van der Waals surface area contributed by atoms with Crippen molar-refractivity contribution in [3.05, 3.63) is 66.2 Å². The van der Waals surface area contributed by atoms with E-state index in [1.54, 1.807) is 4.90 Å². The van der Waals surface area contributed by atoms with Crippen molar-refractivity contribution in [2.24, 2.45) is 5.92 Å². The Kier molecular flexibility index (Phi) is 8.92. The molecule has 2 aromatic carbocycles. The van der Waals surface area contributed by atoms with Crippen molar-refractivity contribution >= 4 is 55.0 Å². The third-order valence-electron chi connectivity index (χ3n) is 9.75. The Hall–Kier alpha value is -3.97. The molecule has 4 aliphatic rings. The molecule has 13 heteroatoms. The number of para-hydroxylation sites is 1. The highest BCUT2D eigenvalue weighted by Crippen LogP contribution is 2.46. The van der Waals surface area contributed by atoms with Crippen LogP contribution in [-0.2, 0) is 24.4 Å². The maximum atomic E-state index is 14.4. The molecule has 3 amide bonds. The van der Waals surface area contributed by atoms with Gasteiger partial charge in [0.05, 0.1) is 22.0 Å². The summed E-state index contributed by atoms with van der Waals surface area (Å²) in [6.07, 6.45) is 8.91. The number of hydrogen-bond acceptors (Lipinski definition) is 9. The largest absolute Gasteiger partial charge is 0.465 e. The number of sulfonamides is 1. The van der Waals surface area contributed by atoms with E-state index < -0.39 is 50.8 Å². The number of aryl methyl sites for hydroxylation is 1. The van der Waals surface area contributed by atoms with Gasteiger partial charge in [0.2, 0.25) is 21.8 Å². The molecule has 1 aromatic heterocycles. The Morgan fingerprint density at radius 1 is 1.08 bits per heavy atom. The molecule has 7 rings (SSSR count). The molecule has 0 bridgehead atoms.